The number of rotatable bonds is 2. The maximum atomic E-state index is 13.8. The van der Waals surface area contributed by atoms with Crippen LogP contribution < -0.4 is 14.4 Å². The predicted octanol–water partition coefficient (Wildman–Crippen LogP) is 5.00. The minimum atomic E-state index is -4.19. The van der Waals surface area contributed by atoms with Crippen LogP contribution in [0.2, 0.25) is 5.02 Å². The van der Waals surface area contributed by atoms with Gasteiger partial charge >= 0.3 is 10.2 Å². The number of fused-ring (bicyclic) bond motifs is 4. The number of ether oxygens (including phenoxy) is 2. The van der Waals surface area contributed by atoms with Crippen LogP contribution in [-0.4, -0.2) is 74.8 Å². The number of benzene rings is 2. The number of aliphatic hydroxyl groups is 1. The second-order valence-electron chi connectivity index (χ2n) is 14.0. The van der Waals surface area contributed by atoms with Gasteiger partial charge in [-0.2, -0.15) is 12.7 Å². The first-order valence-corrected chi connectivity index (χ1v) is 18.4. The molecule has 0 saturated heterocycles. The molecule has 1 amide bonds. The first-order valence-electron chi connectivity index (χ1n) is 16.6. The highest BCUT2D eigenvalue weighted by molar-refractivity contribution is 7.87. The SMILES string of the molecule is CO[C@H]1C[C@@H](N2[C@@H](C)C/C=C\[C@H](O)[C@@H]3CC[C@H]3CN3C[C@@]4(CCCc5cc(Cl)ccc54)COc4ccc(cc43)C(=O)NS2(=O)=O)C1. The highest BCUT2D eigenvalue weighted by atomic mass is 35.5. The van der Waals surface area contributed by atoms with Crippen molar-refractivity contribution in [3.63, 3.8) is 0 Å². The molecule has 7 rings (SSSR count). The Hall–Kier alpha value is -2.63. The number of hydrogen-bond donors (Lipinski definition) is 2. The number of carbonyl (C=O) groups is 1. The lowest BCUT2D eigenvalue weighted by Gasteiger charge is -2.45. The molecule has 2 aromatic carbocycles. The standard InChI is InChI=1S/C35H44ClN3O6S/c1-22-5-3-7-32(40)29-11-8-25(29)19-38-20-35(14-4-6-23-15-26(36)10-12-30(23)35)21-45-33-13-9-24(16-31(33)38)34(41)37-46(42,43)39(22)27-17-28(18-27)44-2/h3,7,9-10,12-13,15-16,22,25,27-29,32,40H,4-6,8,11,14,17-21H2,1-2H3,(H,37,41)/b7-3-/t22-,25-,27-,28+,29+,32-,35-/m0/s1. The lowest BCUT2D eigenvalue weighted by Crippen LogP contribution is -2.57. The summed E-state index contributed by atoms with van der Waals surface area (Å²) in [5.74, 6) is 0.362. The van der Waals surface area contributed by atoms with Crippen molar-refractivity contribution >= 4 is 33.4 Å². The topological polar surface area (TPSA) is 108 Å². The summed E-state index contributed by atoms with van der Waals surface area (Å²) in [4.78, 5) is 16.0. The van der Waals surface area contributed by atoms with E-state index in [-0.39, 0.29) is 35.0 Å². The number of hydrogen-bond acceptors (Lipinski definition) is 7. The first-order chi connectivity index (χ1) is 22.1. The summed E-state index contributed by atoms with van der Waals surface area (Å²) in [5, 5.41) is 12.0. The van der Waals surface area contributed by atoms with Gasteiger partial charge in [0.2, 0.25) is 0 Å². The molecule has 0 unspecified atom stereocenters. The number of anilines is 1. The zero-order chi connectivity index (χ0) is 32.2. The van der Waals surface area contributed by atoms with Crippen LogP contribution in [0.15, 0.2) is 48.6 Å². The third kappa shape index (κ3) is 5.85. The molecule has 2 aromatic rings. The van der Waals surface area contributed by atoms with Gasteiger partial charge in [0.1, 0.15) is 5.75 Å². The second-order valence-corrected chi connectivity index (χ2v) is 16.1. The molecule has 248 valence electrons. The quantitative estimate of drug-likeness (QED) is 0.433. The largest absolute Gasteiger partial charge is 0.490 e. The van der Waals surface area contributed by atoms with E-state index in [1.165, 1.54) is 15.4 Å². The van der Waals surface area contributed by atoms with Crippen molar-refractivity contribution in [1.82, 2.24) is 9.03 Å². The Morgan fingerprint density at radius 2 is 1.98 bits per heavy atom. The Balaban J connectivity index is 1.27. The van der Waals surface area contributed by atoms with Gasteiger partial charge in [-0.3, -0.25) is 4.79 Å². The molecule has 2 heterocycles. The van der Waals surface area contributed by atoms with E-state index in [1.807, 2.05) is 25.1 Å². The summed E-state index contributed by atoms with van der Waals surface area (Å²) in [6, 6.07) is 10.7. The molecule has 2 bridgehead atoms. The fourth-order valence-electron chi connectivity index (χ4n) is 8.43. The highest BCUT2D eigenvalue weighted by Crippen LogP contribution is 2.47. The number of aryl methyl sites for hydroxylation is 1. The molecule has 1 spiro atoms. The Kier molecular flexibility index (Phi) is 8.63. The summed E-state index contributed by atoms with van der Waals surface area (Å²) in [7, 11) is -2.56. The van der Waals surface area contributed by atoms with Crippen LogP contribution >= 0.6 is 11.6 Å². The number of methoxy groups -OCH3 is 1. The van der Waals surface area contributed by atoms with Gasteiger partial charge in [0.25, 0.3) is 5.91 Å². The number of nitrogens with zero attached hydrogens (tertiary/aromatic N) is 2. The summed E-state index contributed by atoms with van der Waals surface area (Å²) in [5.41, 5.74) is 3.26. The van der Waals surface area contributed by atoms with Gasteiger partial charge in [-0.1, -0.05) is 29.8 Å². The lowest BCUT2D eigenvalue weighted by molar-refractivity contribution is -0.0110. The number of aliphatic hydroxyl groups excluding tert-OH is 1. The van der Waals surface area contributed by atoms with E-state index in [4.69, 9.17) is 21.1 Å². The fourth-order valence-corrected chi connectivity index (χ4v) is 10.2. The maximum Gasteiger partial charge on any atom is 0.304 e. The number of nitrogens with one attached hydrogen (secondary N) is 1. The van der Waals surface area contributed by atoms with Crippen LogP contribution in [0.25, 0.3) is 0 Å². The van der Waals surface area contributed by atoms with Crippen LogP contribution in [0.1, 0.15) is 73.4 Å². The monoisotopic (exact) mass is 669 g/mol. The molecule has 2 aliphatic heterocycles. The van der Waals surface area contributed by atoms with E-state index < -0.39 is 28.3 Å². The third-order valence-corrected chi connectivity index (χ3v) is 13.1. The summed E-state index contributed by atoms with van der Waals surface area (Å²) < 4.78 is 43.5. The van der Waals surface area contributed by atoms with E-state index in [0.29, 0.717) is 44.7 Å². The Morgan fingerprint density at radius 1 is 1.15 bits per heavy atom. The minimum absolute atomic E-state index is 0.0108. The van der Waals surface area contributed by atoms with E-state index >= 15 is 0 Å². The number of carbonyl (C=O) groups excluding carboxylic acids is 1. The Morgan fingerprint density at radius 3 is 2.74 bits per heavy atom. The average Bonchev–Trinajstić information content (AvgIpc) is 3.12. The lowest BCUT2D eigenvalue weighted by atomic mass is 9.68. The Bertz CT molecular complexity index is 1630. The van der Waals surface area contributed by atoms with Crippen molar-refractivity contribution < 1.29 is 27.8 Å². The van der Waals surface area contributed by atoms with Crippen molar-refractivity contribution in [2.45, 2.75) is 88.0 Å². The van der Waals surface area contributed by atoms with Gasteiger partial charge in [0, 0.05) is 48.3 Å². The zero-order valence-corrected chi connectivity index (χ0v) is 28.1. The van der Waals surface area contributed by atoms with Gasteiger partial charge in [-0.15, -0.1) is 0 Å². The van der Waals surface area contributed by atoms with Crippen LogP contribution in [-0.2, 0) is 26.8 Å². The zero-order valence-electron chi connectivity index (χ0n) is 26.5. The molecule has 46 heavy (non-hydrogen) atoms. The molecule has 2 fully saturated rings. The second kappa shape index (κ2) is 12.4. The van der Waals surface area contributed by atoms with Crippen molar-refractivity contribution in [2.75, 3.05) is 31.7 Å². The van der Waals surface area contributed by atoms with Crippen LogP contribution in [0.3, 0.4) is 0 Å². The predicted molar refractivity (Wildman–Crippen MR) is 178 cm³/mol. The molecule has 5 aliphatic rings. The van der Waals surface area contributed by atoms with Gasteiger partial charge in [-0.05, 0) is 112 Å². The van der Waals surface area contributed by atoms with Crippen LogP contribution in [0, 0.1) is 11.8 Å². The highest BCUT2D eigenvalue weighted by Gasteiger charge is 2.45. The van der Waals surface area contributed by atoms with Crippen molar-refractivity contribution in [3.8, 4) is 5.75 Å². The smallest absolute Gasteiger partial charge is 0.304 e. The maximum absolute atomic E-state index is 13.8. The molecule has 3 aliphatic carbocycles. The van der Waals surface area contributed by atoms with E-state index in [2.05, 4.69) is 21.8 Å². The van der Waals surface area contributed by atoms with Crippen molar-refractivity contribution in [3.05, 3.63) is 70.3 Å². The molecule has 9 nitrogen and oxygen atoms in total. The molecule has 0 radical (unpaired) electrons. The van der Waals surface area contributed by atoms with Gasteiger partial charge < -0.3 is 19.5 Å². The van der Waals surface area contributed by atoms with Gasteiger partial charge in [-0.25, -0.2) is 4.72 Å². The first kappa shape index (κ1) is 31.9. The minimum Gasteiger partial charge on any atom is -0.490 e. The summed E-state index contributed by atoms with van der Waals surface area (Å²) in [6.07, 6.45) is 9.52. The fraction of sp³-hybridized carbons (Fsp3) is 0.571. The molecule has 2 saturated carbocycles. The third-order valence-electron chi connectivity index (χ3n) is 11.2. The van der Waals surface area contributed by atoms with E-state index in [0.717, 1.165) is 42.8 Å². The summed E-state index contributed by atoms with van der Waals surface area (Å²) >= 11 is 6.41. The van der Waals surface area contributed by atoms with E-state index in [1.54, 1.807) is 25.3 Å². The Labute approximate surface area is 277 Å². The molecule has 0 aromatic heterocycles. The van der Waals surface area contributed by atoms with Crippen LogP contribution in [0.5, 0.6) is 5.75 Å². The molecular formula is C35H44ClN3O6S. The van der Waals surface area contributed by atoms with E-state index in [9.17, 15) is 18.3 Å². The molecular weight excluding hydrogens is 626 g/mol. The number of halogens is 1. The summed E-state index contributed by atoms with van der Waals surface area (Å²) in [6.45, 7) is 3.72. The van der Waals surface area contributed by atoms with Gasteiger partial charge in [0.05, 0.1) is 24.5 Å². The van der Waals surface area contributed by atoms with Gasteiger partial charge in [0.15, 0.2) is 0 Å². The molecule has 2 N–H and O–H groups in total. The average molecular weight is 670 g/mol. The van der Waals surface area contributed by atoms with Crippen LogP contribution in [0.4, 0.5) is 5.69 Å². The van der Waals surface area contributed by atoms with Crippen molar-refractivity contribution in [1.29, 1.82) is 0 Å². The molecule has 5 atom stereocenters. The molecule has 11 heteroatoms. The van der Waals surface area contributed by atoms with Crippen molar-refractivity contribution in [2.24, 2.45) is 11.8 Å². The number of amides is 1. The normalized spacial score (nSPS) is 35.0.